The fraction of sp³-hybridized carbons (Fsp3) is 0.714. The third-order valence-electron chi connectivity index (χ3n) is 3.82. The number of furan rings is 1. The average molecular weight is 251 g/mol. The van der Waals surface area contributed by atoms with E-state index in [1.54, 1.807) is 0 Å². The van der Waals surface area contributed by atoms with Gasteiger partial charge < -0.3 is 15.5 Å². The van der Waals surface area contributed by atoms with Crippen molar-refractivity contribution in [1.82, 2.24) is 10.2 Å². The zero-order chi connectivity index (χ0) is 13.2. The first-order valence-electron chi connectivity index (χ1n) is 6.77. The largest absolute Gasteiger partial charge is 0.465 e. The van der Waals surface area contributed by atoms with E-state index in [1.807, 2.05) is 19.1 Å². The van der Waals surface area contributed by atoms with Crippen molar-refractivity contribution in [2.75, 3.05) is 26.2 Å². The van der Waals surface area contributed by atoms with Crippen molar-refractivity contribution >= 4 is 0 Å². The molecule has 2 rings (SSSR count). The van der Waals surface area contributed by atoms with Gasteiger partial charge in [0.2, 0.25) is 0 Å². The molecule has 0 spiro atoms. The van der Waals surface area contributed by atoms with Crippen LogP contribution >= 0.6 is 0 Å². The summed E-state index contributed by atoms with van der Waals surface area (Å²) in [5.74, 6) is 1.83. The molecule has 2 heterocycles. The van der Waals surface area contributed by atoms with Crippen molar-refractivity contribution in [3.63, 3.8) is 0 Å². The lowest BCUT2D eigenvalue weighted by atomic mass is 9.92. The molecule has 0 amide bonds. The monoisotopic (exact) mass is 251 g/mol. The summed E-state index contributed by atoms with van der Waals surface area (Å²) in [4.78, 5) is 2.51. The number of nitrogens with two attached hydrogens (primary N) is 1. The van der Waals surface area contributed by atoms with Crippen molar-refractivity contribution in [3.8, 4) is 0 Å². The number of nitrogens with one attached hydrogen (secondary N) is 1. The summed E-state index contributed by atoms with van der Waals surface area (Å²) < 4.78 is 5.62. The van der Waals surface area contributed by atoms with E-state index in [0.717, 1.165) is 44.1 Å². The first-order valence-corrected chi connectivity index (χ1v) is 6.77. The normalized spacial score (nSPS) is 20.0. The van der Waals surface area contributed by atoms with Gasteiger partial charge in [-0.3, -0.25) is 4.90 Å². The molecular formula is C14H25N3O. The van der Waals surface area contributed by atoms with Crippen molar-refractivity contribution in [3.05, 3.63) is 23.7 Å². The number of piperazine rings is 1. The van der Waals surface area contributed by atoms with Gasteiger partial charge in [-0.25, -0.2) is 0 Å². The molecule has 1 aliphatic rings. The lowest BCUT2D eigenvalue weighted by Crippen LogP contribution is -2.54. The molecule has 1 saturated heterocycles. The van der Waals surface area contributed by atoms with Crippen molar-refractivity contribution in [2.45, 2.75) is 38.8 Å². The molecule has 1 atom stereocenters. The maximum absolute atomic E-state index is 6.27. The molecule has 0 bridgehead atoms. The second-order valence-corrected chi connectivity index (χ2v) is 5.81. The van der Waals surface area contributed by atoms with E-state index < -0.39 is 0 Å². The fourth-order valence-electron chi connectivity index (χ4n) is 2.69. The number of nitrogens with zero attached hydrogens (tertiary/aromatic N) is 1. The highest BCUT2D eigenvalue weighted by Crippen LogP contribution is 2.27. The summed E-state index contributed by atoms with van der Waals surface area (Å²) in [6, 6.07) is 3.95. The SMILES string of the molecule is Cc1ccc(C(N)CC(C)(C)N2CCNCC2)o1. The Balaban J connectivity index is 1.98. The molecule has 4 nitrogen and oxygen atoms in total. The molecule has 0 aliphatic carbocycles. The van der Waals surface area contributed by atoms with Crippen LogP contribution in [0.4, 0.5) is 0 Å². The Morgan fingerprint density at radius 2 is 2.06 bits per heavy atom. The van der Waals surface area contributed by atoms with Gasteiger partial charge in [-0.05, 0) is 39.3 Å². The number of rotatable bonds is 4. The Bertz CT molecular complexity index is 380. The molecule has 1 unspecified atom stereocenters. The topological polar surface area (TPSA) is 54.4 Å². The van der Waals surface area contributed by atoms with E-state index in [9.17, 15) is 0 Å². The summed E-state index contributed by atoms with van der Waals surface area (Å²) >= 11 is 0. The molecule has 1 aromatic heterocycles. The molecule has 1 aliphatic heterocycles. The lowest BCUT2D eigenvalue weighted by Gasteiger charge is -2.42. The average Bonchev–Trinajstić information content (AvgIpc) is 2.77. The lowest BCUT2D eigenvalue weighted by molar-refractivity contribution is 0.0871. The van der Waals surface area contributed by atoms with Gasteiger partial charge in [0.25, 0.3) is 0 Å². The molecule has 3 N–H and O–H groups in total. The zero-order valence-electron chi connectivity index (χ0n) is 11.7. The van der Waals surface area contributed by atoms with Gasteiger partial charge in [-0.15, -0.1) is 0 Å². The van der Waals surface area contributed by atoms with Crippen molar-refractivity contribution in [2.24, 2.45) is 5.73 Å². The Kier molecular flexibility index (Phi) is 4.10. The van der Waals surface area contributed by atoms with E-state index in [1.165, 1.54) is 0 Å². The van der Waals surface area contributed by atoms with Crippen LogP contribution in [0.1, 0.15) is 37.8 Å². The minimum Gasteiger partial charge on any atom is -0.465 e. The van der Waals surface area contributed by atoms with Crippen LogP contribution in [0.3, 0.4) is 0 Å². The van der Waals surface area contributed by atoms with Crippen LogP contribution in [0.5, 0.6) is 0 Å². The molecule has 0 aromatic carbocycles. The highest BCUT2D eigenvalue weighted by Gasteiger charge is 2.30. The molecule has 4 heteroatoms. The minimum atomic E-state index is -0.0245. The van der Waals surface area contributed by atoms with E-state index in [4.69, 9.17) is 10.2 Å². The molecular weight excluding hydrogens is 226 g/mol. The van der Waals surface area contributed by atoms with Crippen molar-refractivity contribution in [1.29, 1.82) is 0 Å². The standard InChI is InChI=1S/C14H25N3O/c1-11-4-5-13(18-11)12(15)10-14(2,3)17-8-6-16-7-9-17/h4-5,12,16H,6-10,15H2,1-3H3. The predicted molar refractivity (Wildman–Crippen MR) is 73.5 cm³/mol. The summed E-state index contributed by atoms with van der Waals surface area (Å²) in [6.45, 7) is 10.8. The van der Waals surface area contributed by atoms with Gasteiger partial charge in [0.15, 0.2) is 0 Å². The van der Waals surface area contributed by atoms with Crippen LogP contribution in [-0.2, 0) is 0 Å². The van der Waals surface area contributed by atoms with Crippen LogP contribution in [0.2, 0.25) is 0 Å². The smallest absolute Gasteiger partial charge is 0.120 e. The second kappa shape index (κ2) is 5.43. The summed E-state index contributed by atoms with van der Waals surface area (Å²) in [5.41, 5.74) is 6.38. The molecule has 18 heavy (non-hydrogen) atoms. The molecule has 1 fully saturated rings. The van der Waals surface area contributed by atoms with Crippen LogP contribution < -0.4 is 11.1 Å². The van der Waals surface area contributed by atoms with E-state index >= 15 is 0 Å². The highest BCUT2D eigenvalue weighted by molar-refractivity contribution is 5.10. The molecule has 0 radical (unpaired) electrons. The van der Waals surface area contributed by atoms with Gasteiger partial charge in [0, 0.05) is 31.7 Å². The quantitative estimate of drug-likeness (QED) is 0.854. The molecule has 0 saturated carbocycles. The third-order valence-corrected chi connectivity index (χ3v) is 3.82. The van der Waals surface area contributed by atoms with E-state index in [0.29, 0.717) is 0 Å². The number of aryl methyl sites for hydroxylation is 1. The number of hydrogen-bond donors (Lipinski definition) is 2. The van der Waals surface area contributed by atoms with E-state index in [2.05, 4.69) is 24.1 Å². The Morgan fingerprint density at radius 1 is 1.39 bits per heavy atom. The Morgan fingerprint density at radius 3 is 2.61 bits per heavy atom. The van der Waals surface area contributed by atoms with Crippen LogP contribution in [0, 0.1) is 6.92 Å². The molecule has 102 valence electrons. The molecule has 1 aromatic rings. The fourth-order valence-corrected chi connectivity index (χ4v) is 2.69. The van der Waals surface area contributed by atoms with Gasteiger partial charge in [-0.2, -0.15) is 0 Å². The van der Waals surface area contributed by atoms with Gasteiger partial charge in [0.05, 0.1) is 6.04 Å². The summed E-state index contributed by atoms with van der Waals surface area (Å²) in [5, 5.41) is 3.38. The first kappa shape index (κ1) is 13.6. The van der Waals surface area contributed by atoms with Gasteiger partial charge in [-0.1, -0.05) is 0 Å². The zero-order valence-corrected chi connectivity index (χ0v) is 11.7. The van der Waals surface area contributed by atoms with Crippen LogP contribution in [0.25, 0.3) is 0 Å². The van der Waals surface area contributed by atoms with Crippen LogP contribution in [0.15, 0.2) is 16.5 Å². The first-order chi connectivity index (χ1) is 8.49. The Hall–Kier alpha value is -0.840. The predicted octanol–water partition coefficient (Wildman–Crippen LogP) is 1.66. The Labute approximate surface area is 110 Å². The summed E-state index contributed by atoms with van der Waals surface area (Å²) in [6.07, 6.45) is 0.917. The highest BCUT2D eigenvalue weighted by atomic mass is 16.3. The second-order valence-electron chi connectivity index (χ2n) is 5.81. The third kappa shape index (κ3) is 3.13. The summed E-state index contributed by atoms with van der Waals surface area (Å²) in [7, 11) is 0. The number of hydrogen-bond acceptors (Lipinski definition) is 4. The van der Waals surface area contributed by atoms with Gasteiger partial charge >= 0.3 is 0 Å². The van der Waals surface area contributed by atoms with Crippen LogP contribution in [-0.4, -0.2) is 36.6 Å². The van der Waals surface area contributed by atoms with Crippen molar-refractivity contribution < 1.29 is 4.42 Å². The maximum atomic E-state index is 6.27. The van der Waals surface area contributed by atoms with E-state index in [-0.39, 0.29) is 11.6 Å². The van der Waals surface area contributed by atoms with Gasteiger partial charge in [0.1, 0.15) is 11.5 Å². The minimum absolute atomic E-state index is 0.0245. The maximum Gasteiger partial charge on any atom is 0.120 e.